The van der Waals surface area contributed by atoms with Gasteiger partial charge in [0.2, 0.25) is 11.8 Å². The van der Waals surface area contributed by atoms with Gasteiger partial charge in [-0.2, -0.15) is 30.6 Å². The summed E-state index contributed by atoms with van der Waals surface area (Å²) in [6.45, 7) is -0.806. The van der Waals surface area contributed by atoms with Crippen molar-refractivity contribution in [3.8, 4) is 11.6 Å². The summed E-state index contributed by atoms with van der Waals surface area (Å²) in [7, 11) is -5.51. The first kappa shape index (κ1) is 25.2. The summed E-state index contributed by atoms with van der Waals surface area (Å²) in [6, 6.07) is 4.04. The molecule has 1 fully saturated rings. The van der Waals surface area contributed by atoms with E-state index in [1.807, 2.05) is 0 Å². The van der Waals surface area contributed by atoms with Crippen LogP contribution in [0.2, 0.25) is 0 Å². The van der Waals surface area contributed by atoms with E-state index >= 15 is 0 Å². The van der Waals surface area contributed by atoms with Crippen molar-refractivity contribution in [1.29, 1.82) is 0 Å². The summed E-state index contributed by atoms with van der Waals surface area (Å²) in [6.07, 6.45) is -3.13. The first-order valence-electron chi connectivity index (χ1n) is 10.3. The summed E-state index contributed by atoms with van der Waals surface area (Å²) in [5, 5.41) is 0. The predicted octanol–water partition coefficient (Wildman–Crippen LogP) is 3.34. The molecule has 35 heavy (non-hydrogen) atoms. The molecule has 3 heterocycles. The number of hydrogen-bond donors (Lipinski definition) is 0. The van der Waals surface area contributed by atoms with Gasteiger partial charge in [-0.25, -0.2) is 18.4 Å². The fraction of sp³-hybridized carbons (Fsp3) is 0.450. The topological polar surface area (TPSA) is 92.7 Å². The normalized spacial score (nSPS) is 19.5. The minimum Gasteiger partial charge on any atom is -0.439 e. The van der Waals surface area contributed by atoms with Gasteiger partial charge in [-0.3, -0.25) is 4.79 Å². The van der Waals surface area contributed by atoms with E-state index in [-0.39, 0.29) is 41.9 Å². The Labute approximate surface area is 195 Å². The van der Waals surface area contributed by atoms with E-state index in [0.717, 1.165) is 24.3 Å². The van der Waals surface area contributed by atoms with Crippen molar-refractivity contribution in [1.82, 2.24) is 19.2 Å². The second kappa shape index (κ2) is 8.93. The zero-order valence-corrected chi connectivity index (χ0v) is 18.6. The van der Waals surface area contributed by atoms with E-state index < -0.39 is 52.2 Å². The molecular weight excluding hydrogens is 506 g/mol. The SMILES string of the molecule is O=C([C@@H]1CCN(S(=O)(=O)C(F)(F)F)C1)N1CCc2c(ncnc2Oc2ccc(C(F)(F)F)cc2)C1. The number of sulfonamides is 1. The lowest BCUT2D eigenvalue weighted by Crippen LogP contribution is -2.43. The maximum absolute atomic E-state index is 12.9. The van der Waals surface area contributed by atoms with Crippen LogP contribution in [-0.2, 0) is 34.0 Å². The first-order valence-corrected chi connectivity index (χ1v) is 11.7. The van der Waals surface area contributed by atoms with Crippen LogP contribution >= 0.6 is 0 Å². The highest BCUT2D eigenvalue weighted by molar-refractivity contribution is 7.90. The third-order valence-corrected chi connectivity index (χ3v) is 7.40. The third-order valence-electron chi connectivity index (χ3n) is 5.81. The Morgan fingerprint density at radius 2 is 1.71 bits per heavy atom. The molecule has 1 aromatic heterocycles. The summed E-state index contributed by atoms with van der Waals surface area (Å²) < 4.78 is 106. The van der Waals surface area contributed by atoms with E-state index in [2.05, 4.69) is 9.97 Å². The molecule has 1 saturated heterocycles. The zero-order valence-electron chi connectivity index (χ0n) is 17.8. The lowest BCUT2D eigenvalue weighted by Gasteiger charge is -2.30. The van der Waals surface area contributed by atoms with Crippen molar-refractivity contribution in [3.63, 3.8) is 0 Å². The van der Waals surface area contributed by atoms with Gasteiger partial charge < -0.3 is 9.64 Å². The Hall–Kier alpha value is -2.94. The van der Waals surface area contributed by atoms with Crippen LogP contribution in [0.4, 0.5) is 26.3 Å². The Balaban J connectivity index is 1.44. The van der Waals surface area contributed by atoms with E-state index in [4.69, 9.17) is 4.74 Å². The maximum Gasteiger partial charge on any atom is 0.511 e. The number of benzene rings is 1. The number of carbonyl (C=O) groups excluding carboxylic acids is 1. The molecule has 0 N–H and O–H groups in total. The molecule has 2 aliphatic rings. The van der Waals surface area contributed by atoms with E-state index in [0.29, 0.717) is 11.3 Å². The standard InChI is InChI=1S/C20H18F6N4O4S/c21-19(22,23)13-1-3-14(4-2-13)34-17-15-6-7-29(10-16(15)27-11-28-17)18(31)12-5-8-30(9-12)35(32,33)20(24,25)26/h1-4,11-12H,5-10H2/t12-/m1/s1. The molecule has 0 radical (unpaired) electrons. The number of ether oxygens (including phenoxy) is 1. The van der Waals surface area contributed by atoms with Crippen molar-refractivity contribution < 1.29 is 44.3 Å². The van der Waals surface area contributed by atoms with Crippen LogP contribution in [0, 0.1) is 5.92 Å². The van der Waals surface area contributed by atoms with Crippen LogP contribution in [-0.4, -0.2) is 58.6 Å². The Bertz CT molecular complexity index is 1220. The highest BCUT2D eigenvalue weighted by atomic mass is 32.2. The zero-order chi connectivity index (χ0) is 25.6. The molecule has 1 aromatic carbocycles. The number of carbonyl (C=O) groups is 1. The van der Waals surface area contributed by atoms with Crippen LogP contribution < -0.4 is 4.74 Å². The van der Waals surface area contributed by atoms with Crippen molar-refractivity contribution in [3.05, 3.63) is 47.4 Å². The third kappa shape index (κ3) is 5.05. The first-order chi connectivity index (χ1) is 16.3. The Kier molecular flexibility index (Phi) is 6.42. The smallest absolute Gasteiger partial charge is 0.439 e. The molecule has 0 unspecified atom stereocenters. The van der Waals surface area contributed by atoms with Gasteiger partial charge in [0.25, 0.3) is 0 Å². The van der Waals surface area contributed by atoms with Crippen LogP contribution in [0.15, 0.2) is 30.6 Å². The summed E-state index contributed by atoms with van der Waals surface area (Å²) in [5.74, 6) is -1.17. The van der Waals surface area contributed by atoms with Crippen molar-refractivity contribution >= 4 is 15.9 Å². The van der Waals surface area contributed by atoms with Crippen LogP contribution in [0.25, 0.3) is 0 Å². The van der Waals surface area contributed by atoms with Crippen molar-refractivity contribution in [2.45, 2.75) is 31.1 Å². The quantitative estimate of drug-likeness (QED) is 0.570. The number of halogens is 6. The maximum atomic E-state index is 12.9. The number of nitrogens with zero attached hydrogens (tertiary/aromatic N) is 4. The average molecular weight is 524 g/mol. The number of amides is 1. The molecule has 15 heteroatoms. The lowest BCUT2D eigenvalue weighted by atomic mass is 10.0. The minimum absolute atomic E-state index is 0.00256. The second-order valence-corrected chi connectivity index (χ2v) is 9.96. The number of aromatic nitrogens is 2. The van der Waals surface area contributed by atoms with Gasteiger partial charge >= 0.3 is 21.7 Å². The van der Waals surface area contributed by atoms with Crippen LogP contribution in [0.5, 0.6) is 11.6 Å². The Morgan fingerprint density at radius 1 is 1.03 bits per heavy atom. The molecule has 8 nitrogen and oxygen atoms in total. The number of fused-ring (bicyclic) bond motifs is 1. The largest absolute Gasteiger partial charge is 0.511 e. The average Bonchev–Trinajstić information content (AvgIpc) is 3.28. The molecule has 0 bridgehead atoms. The fourth-order valence-corrected chi connectivity index (χ4v) is 4.99. The van der Waals surface area contributed by atoms with E-state index in [1.54, 1.807) is 0 Å². The van der Waals surface area contributed by atoms with Gasteiger partial charge in [0.15, 0.2) is 0 Å². The number of rotatable bonds is 4. The monoisotopic (exact) mass is 524 g/mol. The molecule has 2 aromatic rings. The van der Waals surface area contributed by atoms with Gasteiger partial charge in [-0.1, -0.05) is 0 Å². The van der Waals surface area contributed by atoms with Crippen LogP contribution in [0.1, 0.15) is 23.2 Å². The van der Waals surface area contributed by atoms with Gasteiger partial charge in [0.05, 0.1) is 23.7 Å². The summed E-state index contributed by atoms with van der Waals surface area (Å²) in [4.78, 5) is 22.4. The molecule has 1 amide bonds. The summed E-state index contributed by atoms with van der Waals surface area (Å²) >= 11 is 0. The van der Waals surface area contributed by atoms with Crippen molar-refractivity contribution in [2.24, 2.45) is 5.92 Å². The molecule has 0 spiro atoms. The molecule has 0 aliphatic carbocycles. The van der Waals surface area contributed by atoms with E-state index in [1.165, 1.54) is 11.2 Å². The van der Waals surface area contributed by atoms with Gasteiger partial charge in [-0.05, 0) is 37.1 Å². The fourth-order valence-electron chi connectivity index (χ4n) is 3.98. The molecule has 2 aliphatic heterocycles. The summed E-state index contributed by atoms with van der Waals surface area (Å²) in [5.41, 5.74) is -5.31. The van der Waals surface area contributed by atoms with Crippen molar-refractivity contribution in [2.75, 3.05) is 19.6 Å². The molecule has 4 rings (SSSR count). The molecule has 0 saturated carbocycles. The molecule has 190 valence electrons. The predicted molar refractivity (Wildman–Crippen MR) is 107 cm³/mol. The number of hydrogen-bond acceptors (Lipinski definition) is 6. The molecular formula is C20H18F6N4O4S. The van der Waals surface area contributed by atoms with Gasteiger partial charge in [0, 0.05) is 25.2 Å². The lowest BCUT2D eigenvalue weighted by molar-refractivity contribution is -0.137. The van der Waals surface area contributed by atoms with Gasteiger partial charge in [0.1, 0.15) is 12.1 Å². The number of alkyl halides is 6. The highest BCUT2D eigenvalue weighted by Gasteiger charge is 2.52. The minimum atomic E-state index is -5.51. The highest BCUT2D eigenvalue weighted by Crippen LogP contribution is 2.34. The van der Waals surface area contributed by atoms with Crippen LogP contribution in [0.3, 0.4) is 0 Å². The van der Waals surface area contributed by atoms with Gasteiger partial charge in [-0.15, -0.1) is 0 Å². The van der Waals surface area contributed by atoms with E-state index in [9.17, 15) is 39.6 Å². The molecule has 1 atom stereocenters. The Morgan fingerprint density at radius 3 is 2.34 bits per heavy atom. The second-order valence-electron chi connectivity index (χ2n) is 8.03.